The van der Waals surface area contributed by atoms with Crippen molar-refractivity contribution in [3.05, 3.63) is 81.1 Å². The van der Waals surface area contributed by atoms with Crippen molar-refractivity contribution in [1.29, 1.82) is 5.26 Å². The van der Waals surface area contributed by atoms with Crippen LogP contribution in [0.15, 0.2) is 58.5 Å². The van der Waals surface area contributed by atoms with E-state index in [0.29, 0.717) is 17.0 Å². The van der Waals surface area contributed by atoms with Crippen molar-refractivity contribution in [2.45, 2.75) is 13.8 Å². The van der Waals surface area contributed by atoms with E-state index < -0.39 is 10.8 Å². The first-order valence-corrected chi connectivity index (χ1v) is 9.26. The number of nitrogens with zero attached hydrogens (tertiary/aromatic N) is 2. The number of carbonyl (C=O) groups is 1. The monoisotopic (exact) mass is 417 g/mol. The summed E-state index contributed by atoms with van der Waals surface area (Å²) in [7, 11) is 1.40. The Morgan fingerprint density at radius 2 is 2.00 bits per heavy atom. The van der Waals surface area contributed by atoms with E-state index in [9.17, 15) is 20.2 Å². The number of aryl methyl sites for hydroxylation is 1. The third-order valence-electron chi connectivity index (χ3n) is 4.79. The lowest BCUT2D eigenvalue weighted by Crippen LogP contribution is -2.14. The van der Waals surface area contributed by atoms with E-state index in [1.807, 2.05) is 32.0 Å². The van der Waals surface area contributed by atoms with Crippen LogP contribution in [0.1, 0.15) is 16.9 Å². The Bertz CT molecular complexity index is 1230. The number of hydrogen-bond donors (Lipinski definition) is 1. The summed E-state index contributed by atoms with van der Waals surface area (Å²) in [5.41, 5.74) is 2.83. The molecule has 0 fully saturated rings. The number of carbonyl (C=O) groups excluding carboxylic acids is 1. The molecule has 0 aliphatic carbocycles. The van der Waals surface area contributed by atoms with Crippen molar-refractivity contribution in [3.63, 3.8) is 0 Å². The zero-order valence-electron chi connectivity index (χ0n) is 17.1. The van der Waals surface area contributed by atoms with Crippen LogP contribution in [0.5, 0.6) is 5.75 Å². The maximum atomic E-state index is 12.6. The molecule has 1 amide bonds. The lowest BCUT2D eigenvalue weighted by molar-refractivity contribution is -0.384. The number of methoxy groups -OCH3 is 1. The van der Waals surface area contributed by atoms with Gasteiger partial charge >= 0.3 is 0 Å². The average Bonchev–Trinajstić information content (AvgIpc) is 3.23. The summed E-state index contributed by atoms with van der Waals surface area (Å²) in [6, 6.07) is 14.8. The molecule has 1 N–H and O–H groups in total. The van der Waals surface area contributed by atoms with Gasteiger partial charge in [-0.15, -0.1) is 0 Å². The predicted octanol–water partition coefficient (Wildman–Crippen LogP) is 5.03. The van der Waals surface area contributed by atoms with E-state index in [2.05, 4.69) is 5.32 Å². The third kappa shape index (κ3) is 4.62. The summed E-state index contributed by atoms with van der Waals surface area (Å²) in [5, 5.41) is 23.1. The number of nitro benzene ring substituents is 1. The Morgan fingerprint density at radius 1 is 1.23 bits per heavy atom. The minimum atomic E-state index is -0.554. The van der Waals surface area contributed by atoms with E-state index in [1.54, 1.807) is 18.2 Å². The quantitative estimate of drug-likeness (QED) is 0.260. The van der Waals surface area contributed by atoms with Crippen LogP contribution >= 0.6 is 0 Å². The van der Waals surface area contributed by atoms with Crippen LogP contribution in [-0.4, -0.2) is 17.9 Å². The Labute approximate surface area is 178 Å². The van der Waals surface area contributed by atoms with Gasteiger partial charge < -0.3 is 14.5 Å². The topological polar surface area (TPSA) is 118 Å². The molecular weight excluding hydrogens is 398 g/mol. The summed E-state index contributed by atoms with van der Waals surface area (Å²) in [4.78, 5) is 23.0. The van der Waals surface area contributed by atoms with Gasteiger partial charge in [0.25, 0.3) is 11.6 Å². The largest absolute Gasteiger partial charge is 0.496 e. The molecular formula is C23H19N3O5. The molecule has 0 unspecified atom stereocenters. The smallest absolute Gasteiger partial charge is 0.273 e. The first-order valence-electron chi connectivity index (χ1n) is 9.26. The van der Waals surface area contributed by atoms with Crippen molar-refractivity contribution in [3.8, 4) is 23.1 Å². The van der Waals surface area contributed by atoms with Crippen LogP contribution in [-0.2, 0) is 4.79 Å². The van der Waals surface area contributed by atoms with Gasteiger partial charge in [0.2, 0.25) is 0 Å². The molecule has 0 radical (unpaired) electrons. The Morgan fingerprint density at radius 3 is 2.68 bits per heavy atom. The van der Waals surface area contributed by atoms with Gasteiger partial charge in [0, 0.05) is 17.8 Å². The molecule has 3 rings (SSSR count). The number of rotatable bonds is 6. The normalized spacial score (nSPS) is 11.0. The lowest BCUT2D eigenvalue weighted by atomic mass is 10.1. The van der Waals surface area contributed by atoms with Crippen LogP contribution in [0.2, 0.25) is 0 Å². The number of hydrogen-bond acceptors (Lipinski definition) is 6. The fraction of sp³-hybridized carbons (Fsp3) is 0.130. The van der Waals surface area contributed by atoms with Gasteiger partial charge in [-0.3, -0.25) is 14.9 Å². The molecule has 0 saturated heterocycles. The fourth-order valence-corrected chi connectivity index (χ4v) is 2.94. The Hall–Kier alpha value is -4.38. The zero-order chi connectivity index (χ0) is 22.5. The highest BCUT2D eigenvalue weighted by Crippen LogP contribution is 2.34. The second-order valence-corrected chi connectivity index (χ2v) is 6.72. The standard InChI is InChI=1S/C23H19N3O5/c1-14-5-4-6-20(15(14)2)25-23(27)16(13-24)11-18-8-10-21(31-18)19-9-7-17(26(28)29)12-22(19)30-3/h4-12H,1-3H3,(H,25,27)/b16-11+. The number of ether oxygens (including phenoxy) is 1. The molecule has 0 aliphatic heterocycles. The molecule has 156 valence electrons. The van der Waals surface area contributed by atoms with Crippen molar-refractivity contribution in [2.24, 2.45) is 0 Å². The first kappa shape index (κ1) is 21.3. The number of nitro groups is 1. The Balaban J connectivity index is 1.87. The molecule has 31 heavy (non-hydrogen) atoms. The van der Waals surface area contributed by atoms with E-state index in [1.165, 1.54) is 31.4 Å². The van der Waals surface area contributed by atoms with Gasteiger partial charge in [-0.05, 0) is 49.2 Å². The van der Waals surface area contributed by atoms with E-state index in [0.717, 1.165) is 11.1 Å². The molecule has 0 saturated carbocycles. The molecule has 1 heterocycles. The van der Waals surface area contributed by atoms with Crippen LogP contribution in [0.3, 0.4) is 0 Å². The predicted molar refractivity (Wildman–Crippen MR) is 115 cm³/mol. The number of benzene rings is 2. The molecule has 8 nitrogen and oxygen atoms in total. The molecule has 2 aromatic carbocycles. The van der Waals surface area contributed by atoms with Crippen LogP contribution in [0.25, 0.3) is 17.4 Å². The van der Waals surface area contributed by atoms with Gasteiger partial charge in [0.1, 0.15) is 28.9 Å². The summed E-state index contributed by atoms with van der Waals surface area (Å²) >= 11 is 0. The van der Waals surface area contributed by atoms with Gasteiger partial charge in [-0.1, -0.05) is 12.1 Å². The summed E-state index contributed by atoms with van der Waals surface area (Å²) in [6.45, 7) is 3.82. The fourth-order valence-electron chi connectivity index (χ4n) is 2.94. The molecule has 1 aromatic heterocycles. The van der Waals surface area contributed by atoms with E-state index in [4.69, 9.17) is 9.15 Å². The van der Waals surface area contributed by atoms with Crippen molar-refractivity contribution >= 4 is 23.4 Å². The van der Waals surface area contributed by atoms with Gasteiger partial charge in [0.15, 0.2) is 0 Å². The SMILES string of the molecule is COc1cc([N+](=O)[O-])ccc1-c1ccc(/C=C(\C#N)C(=O)Nc2cccc(C)c2C)o1. The molecule has 0 atom stereocenters. The van der Waals surface area contributed by atoms with Gasteiger partial charge in [0.05, 0.1) is 23.7 Å². The molecule has 8 heteroatoms. The van der Waals surface area contributed by atoms with E-state index >= 15 is 0 Å². The summed E-state index contributed by atoms with van der Waals surface area (Å²) in [5.74, 6) is 0.377. The maximum absolute atomic E-state index is 12.6. The van der Waals surface area contributed by atoms with Crippen LogP contribution in [0, 0.1) is 35.3 Å². The number of nitriles is 1. The lowest BCUT2D eigenvalue weighted by Gasteiger charge is -2.09. The summed E-state index contributed by atoms with van der Waals surface area (Å²) in [6.07, 6.45) is 1.34. The second kappa shape index (κ2) is 8.97. The average molecular weight is 417 g/mol. The van der Waals surface area contributed by atoms with E-state index in [-0.39, 0.29) is 22.8 Å². The molecule has 0 spiro atoms. The minimum Gasteiger partial charge on any atom is -0.496 e. The summed E-state index contributed by atoms with van der Waals surface area (Å²) < 4.78 is 11.0. The van der Waals surface area contributed by atoms with Crippen molar-refractivity contribution < 1.29 is 18.9 Å². The first-order chi connectivity index (χ1) is 14.8. The molecule has 0 bridgehead atoms. The minimum absolute atomic E-state index is 0.109. The number of non-ortho nitro benzene ring substituents is 1. The zero-order valence-corrected chi connectivity index (χ0v) is 17.1. The van der Waals surface area contributed by atoms with Crippen LogP contribution in [0.4, 0.5) is 11.4 Å². The maximum Gasteiger partial charge on any atom is 0.273 e. The third-order valence-corrected chi connectivity index (χ3v) is 4.79. The molecule has 3 aromatic rings. The van der Waals surface area contributed by atoms with Crippen LogP contribution < -0.4 is 10.1 Å². The number of anilines is 1. The number of furan rings is 1. The molecule has 0 aliphatic rings. The van der Waals surface area contributed by atoms with Gasteiger partial charge in [-0.25, -0.2) is 0 Å². The highest BCUT2D eigenvalue weighted by Gasteiger charge is 2.16. The highest BCUT2D eigenvalue weighted by atomic mass is 16.6. The Kier molecular flexibility index (Phi) is 6.17. The second-order valence-electron chi connectivity index (χ2n) is 6.72. The number of amides is 1. The number of nitrogens with one attached hydrogen (secondary N) is 1. The van der Waals surface area contributed by atoms with Crippen molar-refractivity contribution in [1.82, 2.24) is 0 Å². The van der Waals surface area contributed by atoms with Crippen molar-refractivity contribution in [2.75, 3.05) is 12.4 Å². The highest BCUT2D eigenvalue weighted by molar-refractivity contribution is 6.09. The van der Waals surface area contributed by atoms with Gasteiger partial charge in [-0.2, -0.15) is 5.26 Å².